The van der Waals surface area contributed by atoms with Crippen molar-refractivity contribution in [2.24, 2.45) is 22.7 Å². The lowest BCUT2D eigenvalue weighted by molar-refractivity contribution is 0.0788. The van der Waals surface area contributed by atoms with Crippen LogP contribution in [0.3, 0.4) is 0 Å². The quantitative estimate of drug-likeness (QED) is 0.711. The molecule has 136 valence electrons. The predicted molar refractivity (Wildman–Crippen MR) is 102 cm³/mol. The maximum atomic E-state index is 2.78. The van der Waals surface area contributed by atoms with E-state index in [0.29, 0.717) is 10.8 Å². The summed E-state index contributed by atoms with van der Waals surface area (Å²) in [6.45, 7) is 18.8. The number of nitrogens with zero attached hydrogens (tertiary/aromatic N) is 2. The molecule has 0 bridgehead atoms. The predicted octanol–water partition coefficient (Wildman–Crippen LogP) is 4.89. The van der Waals surface area contributed by atoms with E-state index >= 15 is 0 Å². The number of piperidine rings is 2. The van der Waals surface area contributed by atoms with Crippen molar-refractivity contribution in [2.45, 2.75) is 73.1 Å². The van der Waals surface area contributed by atoms with Crippen LogP contribution in [0.2, 0.25) is 0 Å². The average Bonchev–Trinajstić information content (AvgIpc) is 2.35. The molecule has 0 spiro atoms. The molecule has 23 heavy (non-hydrogen) atoms. The van der Waals surface area contributed by atoms with Gasteiger partial charge in [-0.25, -0.2) is 0 Å². The van der Waals surface area contributed by atoms with Crippen molar-refractivity contribution in [1.82, 2.24) is 9.80 Å². The van der Waals surface area contributed by atoms with Gasteiger partial charge in [0, 0.05) is 19.6 Å². The van der Waals surface area contributed by atoms with E-state index in [4.69, 9.17) is 0 Å². The average molecular weight is 323 g/mol. The number of hydrogen-bond acceptors (Lipinski definition) is 2. The highest BCUT2D eigenvalue weighted by Crippen LogP contribution is 2.34. The Balaban J connectivity index is 1.81. The molecule has 0 aromatic heterocycles. The van der Waals surface area contributed by atoms with Gasteiger partial charge in [-0.2, -0.15) is 0 Å². The molecule has 2 unspecified atom stereocenters. The first-order valence-electron chi connectivity index (χ1n) is 10.0. The van der Waals surface area contributed by atoms with Crippen LogP contribution in [0.25, 0.3) is 0 Å². The molecule has 0 aromatic carbocycles. The van der Waals surface area contributed by atoms with Gasteiger partial charge in [0.1, 0.15) is 0 Å². The fraction of sp³-hybridized carbons (Fsp3) is 1.00. The van der Waals surface area contributed by atoms with Gasteiger partial charge in [-0.15, -0.1) is 0 Å². The summed E-state index contributed by atoms with van der Waals surface area (Å²) in [6, 6.07) is 0. The first kappa shape index (κ1) is 19.2. The molecule has 0 N–H and O–H groups in total. The van der Waals surface area contributed by atoms with Gasteiger partial charge < -0.3 is 9.80 Å². The highest BCUT2D eigenvalue weighted by molar-refractivity contribution is 4.84. The Bertz CT molecular complexity index is 355. The monoisotopic (exact) mass is 322 g/mol. The van der Waals surface area contributed by atoms with E-state index in [1.165, 1.54) is 71.2 Å². The Morgan fingerprint density at radius 3 is 2.04 bits per heavy atom. The van der Waals surface area contributed by atoms with Crippen LogP contribution in [0.4, 0.5) is 0 Å². The summed E-state index contributed by atoms with van der Waals surface area (Å²) >= 11 is 0. The lowest BCUT2D eigenvalue weighted by Crippen LogP contribution is -2.43. The molecule has 2 aliphatic rings. The third-order valence-electron chi connectivity index (χ3n) is 5.72. The minimum absolute atomic E-state index is 0.465. The van der Waals surface area contributed by atoms with Crippen LogP contribution in [-0.2, 0) is 0 Å². The van der Waals surface area contributed by atoms with Crippen LogP contribution >= 0.6 is 0 Å². The van der Waals surface area contributed by atoms with Crippen LogP contribution in [0, 0.1) is 22.7 Å². The second kappa shape index (κ2) is 7.87. The second-order valence-electron chi connectivity index (χ2n) is 10.6. The van der Waals surface area contributed by atoms with Crippen LogP contribution < -0.4 is 0 Å². The summed E-state index contributed by atoms with van der Waals surface area (Å²) in [7, 11) is 2.29. The Labute approximate surface area is 146 Å². The Kier molecular flexibility index (Phi) is 6.58. The summed E-state index contributed by atoms with van der Waals surface area (Å²) in [5.74, 6) is 1.83. The highest BCUT2D eigenvalue weighted by Gasteiger charge is 2.31. The molecule has 2 heteroatoms. The van der Waals surface area contributed by atoms with Crippen molar-refractivity contribution in [3.63, 3.8) is 0 Å². The lowest BCUT2D eigenvalue weighted by atomic mass is 9.78. The maximum absolute atomic E-state index is 2.78. The fourth-order valence-electron chi connectivity index (χ4n) is 5.22. The van der Waals surface area contributed by atoms with Crippen molar-refractivity contribution < 1.29 is 0 Å². The van der Waals surface area contributed by atoms with E-state index in [2.05, 4.69) is 51.5 Å². The van der Waals surface area contributed by atoms with Crippen molar-refractivity contribution in [1.29, 1.82) is 0 Å². The van der Waals surface area contributed by atoms with Crippen LogP contribution in [0.15, 0.2) is 0 Å². The van der Waals surface area contributed by atoms with E-state index in [1.54, 1.807) is 0 Å². The summed E-state index contributed by atoms with van der Waals surface area (Å²) in [5.41, 5.74) is 0.947. The van der Waals surface area contributed by atoms with Crippen molar-refractivity contribution >= 4 is 0 Å². The first-order chi connectivity index (χ1) is 10.6. The van der Waals surface area contributed by atoms with E-state index in [0.717, 1.165) is 11.8 Å². The largest absolute Gasteiger partial charge is 0.306 e. The van der Waals surface area contributed by atoms with Crippen LogP contribution in [0.5, 0.6) is 0 Å². The van der Waals surface area contributed by atoms with Crippen LogP contribution in [0.1, 0.15) is 73.1 Å². The highest BCUT2D eigenvalue weighted by atomic mass is 15.1. The molecule has 0 amide bonds. The van der Waals surface area contributed by atoms with Crippen molar-refractivity contribution in [2.75, 3.05) is 39.8 Å². The molecular formula is C21H42N2. The first-order valence-corrected chi connectivity index (χ1v) is 10.0. The lowest BCUT2D eigenvalue weighted by Gasteiger charge is -2.41. The molecule has 2 aliphatic heterocycles. The maximum Gasteiger partial charge on any atom is 0.00329 e. The Morgan fingerprint density at radius 2 is 1.43 bits per heavy atom. The normalized spacial score (nSPS) is 29.0. The topological polar surface area (TPSA) is 6.48 Å². The van der Waals surface area contributed by atoms with Gasteiger partial charge in [-0.05, 0) is 81.3 Å². The number of hydrogen-bond donors (Lipinski definition) is 0. The Morgan fingerprint density at radius 1 is 0.826 bits per heavy atom. The summed E-state index contributed by atoms with van der Waals surface area (Å²) in [5, 5.41) is 0. The standard InChI is InChI=1S/C21H42N2/c1-20(2,3)13-18-10-8-12-23(16-18)17-21(4,5)14-19-9-7-11-22(6)15-19/h18-19H,7-17H2,1-6H3. The van der Waals surface area contributed by atoms with E-state index in [9.17, 15) is 0 Å². The van der Waals surface area contributed by atoms with E-state index in [-0.39, 0.29) is 0 Å². The second-order valence-corrected chi connectivity index (χ2v) is 10.6. The van der Waals surface area contributed by atoms with Gasteiger partial charge in [-0.1, -0.05) is 34.6 Å². The minimum Gasteiger partial charge on any atom is -0.306 e. The zero-order valence-electron chi connectivity index (χ0n) is 16.8. The molecule has 2 fully saturated rings. The molecule has 2 atom stereocenters. The molecule has 0 radical (unpaired) electrons. The zero-order chi connectivity index (χ0) is 17.1. The van der Waals surface area contributed by atoms with Crippen LogP contribution in [-0.4, -0.2) is 49.6 Å². The smallest absolute Gasteiger partial charge is 0.00329 e. The third kappa shape index (κ3) is 7.13. The summed E-state index contributed by atoms with van der Waals surface area (Å²) in [6.07, 6.45) is 8.48. The zero-order valence-corrected chi connectivity index (χ0v) is 16.8. The van der Waals surface area contributed by atoms with Crippen molar-refractivity contribution in [3.05, 3.63) is 0 Å². The molecule has 2 nitrogen and oxygen atoms in total. The van der Waals surface area contributed by atoms with E-state index in [1.807, 2.05) is 0 Å². The molecule has 2 saturated heterocycles. The van der Waals surface area contributed by atoms with Gasteiger partial charge in [0.2, 0.25) is 0 Å². The number of rotatable bonds is 5. The summed E-state index contributed by atoms with van der Waals surface area (Å²) in [4.78, 5) is 5.32. The molecule has 0 saturated carbocycles. The molecule has 2 rings (SSSR count). The van der Waals surface area contributed by atoms with E-state index < -0.39 is 0 Å². The Hall–Kier alpha value is -0.0800. The van der Waals surface area contributed by atoms with Gasteiger partial charge in [-0.3, -0.25) is 0 Å². The van der Waals surface area contributed by atoms with Gasteiger partial charge in [0.05, 0.1) is 0 Å². The summed E-state index contributed by atoms with van der Waals surface area (Å²) < 4.78 is 0. The van der Waals surface area contributed by atoms with Gasteiger partial charge in [0.15, 0.2) is 0 Å². The molecule has 0 aliphatic carbocycles. The fourth-order valence-corrected chi connectivity index (χ4v) is 5.22. The number of likely N-dealkylation sites (tertiary alicyclic amines) is 2. The SMILES string of the molecule is CN1CCCC(CC(C)(C)CN2CCCC(CC(C)(C)C)C2)C1. The van der Waals surface area contributed by atoms with Crippen molar-refractivity contribution in [3.8, 4) is 0 Å². The molecule has 0 aromatic rings. The third-order valence-corrected chi connectivity index (χ3v) is 5.72. The van der Waals surface area contributed by atoms with Gasteiger partial charge >= 0.3 is 0 Å². The molecule has 2 heterocycles. The minimum atomic E-state index is 0.465. The van der Waals surface area contributed by atoms with Gasteiger partial charge in [0.25, 0.3) is 0 Å². The molecular weight excluding hydrogens is 280 g/mol.